The summed E-state index contributed by atoms with van der Waals surface area (Å²) in [5.41, 5.74) is 1.95. The number of hydrogen-bond donors (Lipinski definition) is 0. The van der Waals surface area contributed by atoms with Crippen molar-refractivity contribution in [1.29, 1.82) is 0 Å². The van der Waals surface area contributed by atoms with Gasteiger partial charge >= 0.3 is 0 Å². The van der Waals surface area contributed by atoms with E-state index in [-0.39, 0.29) is 36.4 Å². The second kappa shape index (κ2) is 8.04. The molecule has 1 saturated carbocycles. The third kappa shape index (κ3) is 4.03. The molecule has 0 bridgehead atoms. The molecule has 154 valence electrons. The predicted molar refractivity (Wildman–Crippen MR) is 114 cm³/mol. The maximum Gasteiger partial charge on any atom is 0.243 e. The van der Waals surface area contributed by atoms with E-state index in [9.17, 15) is 9.59 Å². The van der Waals surface area contributed by atoms with E-state index in [2.05, 4.69) is 4.57 Å². The maximum absolute atomic E-state index is 13.4. The zero-order chi connectivity index (χ0) is 20.7. The Hall–Kier alpha value is -1.98. The number of halogens is 2. The van der Waals surface area contributed by atoms with E-state index < -0.39 is 0 Å². The number of carbonyl (C=O) groups excluding carboxylic acids is 2. The first kappa shape index (κ1) is 20.3. The Kier molecular flexibility index (Phi) is 5.63. The van der Waals surface area contributed by atoms with Crippen LogP contribution < -0.4 is 0 Å². The maximum atomic E-state index is 13.4. The summed E-state index contributed by atoms with van der Waals surface area (Å²) in [7, 11) is 0. The largest absolute Gasteiger partial charge is 0.348 e. The highest BCUT2D eigenvalue weighted by Crippen LogP contribution is 2.36. The van der Waals surface area contributed by atoms with E-state index in [0.29, 0.717) is 16.6 Å². The van der Waals surface area contributed by atoms with Crippen LogP contribution in [-0.2, 0) is 16.1 Å². The Balaban J connectivity index is 1.64. The highest BCUT2D eigenvalue weighted by atomic mass is 35.5. The average Bonchev–Trinajstić information content (AvgIpc) is 3.43. The van der Waals surface area contributed by atoms with Gasteiger partial charge in [0.25, 0.3) is 0 Å². The lowest BCUT2D eigenvalue weighted by Gasteiger charge is -2.39. The highest BCUT2D eigenvalue weighted by Gasteiger charge is 2.38. The summed E-state index contributed by atoms with van der Waals surface area (Å²) in [5, 5.41) is 0.952. The van der Waals surface area contributed by atoms with E-state index in [0.717, 1.165) is 30.6 Å². The van der Waals surface area contributed by atoms with Crippen LogP contribution in [0.4, 0.5) is 0 Å². The Morgan fingerprint density at radius 3 is 2.55 bits per heavy atom. The predicted octanol–water partition coefficient (Wildman–Crippen LogP) is 4.37. The summed E-state index contributed by atoms with van der Waals surface area (Å²) in [6, 6.07) is 9.26. The molecule has 2 aliphatic rings. The molecule has 1 atom stereocenters. The fourth-order valence-corrected chi connectivity index (χ4v) is 4.31. The van der Waals surface area contributed by atoms with E-state index in [1.807, 2.05) is 49.2 Å². The Morgan fingerprint density at radius 2 is 1.90 bits per heavy atom. The van der Waals surface area contributed by atoms with E-state index in [1.54, 1.807) is 11.0 Å². The zero-order valence-corrected chi connectivity index (χ0v) is 18.2. The van der Waals surface area contributed by atoms with Crippen molar-refractivity contribution in [3.8, 4) is 0 Å². The first-order valence-corrected chi connectivity index (χ1v) is 10.8. The van der Waals surface area contributed by atoms with Crippen LogP contribution in [0.1, 0.15) is 44.0 Å². The molecule has 1 aromatic carbocycles. The summed E-state index contributed by atoms with van der Waals surface area (Å²) >= 11 is 12.4. The molecule has 2 aromatic rings. The first-order chi connectivity index (χ1) is 13.9. The van der Waals surface area contributed by atoms with Crippen molar-refractivity contribution < 1.29 is 9.59 Å². The number of carbonyl (C=O) groups is 2. The van der Waals surface area contributed by atoms with Gasteiger partial charge < -0.3 is 14.4 Å². The van der Waals surface area contributed by atoms with Crippen molar-refractivity contribution in [2.45, 2.75) is 45.3 Å². The number of hydrogen-bond acceptors (Lipinski definition) is 2. The summed E-state index contributed by atoms with van der Waals surface area (Å²) < 4.78 is 2.16. The third-order valence-corrected chi connectivity index (χ3v) is 6.50. The summed E-state index contributed by atoms with van der Waals surface area (Å²) in [6.07, 6.45) is 3.89. The number of rotatable bonds is 5. The van der Waals surface area contributed by atoms with Crippen molar-refractivity contribution in [1.82, 2.24) is 14.4 Å². The van der Waals surface area contributed by atoms with Gasteiger partial charge in [-0.2, -0.15) is 0 Å². The van der Waals surface area contributed by atoms with Gasteiger partial charge in [0.05, 0.1) is 16.1 Å². The topological polar surface area (TPSA) is 45.6 Å². The lowest BCUT2D eigenvalue weighted by molar-refractivity contribution is -0.144. The second-order valence-electron chi connectivity index (χ2n) is 8.12. The number of amides is 2. The van der Waals surface area contributed by atoms with Crippen molar-refractivity contribution in [3.05, 3.63) is 57.8 Å². The first-order valence-electron chi connectivity index (χ1n) is 10.1. The molecular weight excluding hydrogens is 409 g/mol. The van der Waals surface area contributed by atoms with E-state index in [4.69, 9.17) is 23.2 Å². The van der Waals surface area contributed by atoms with Gasteiger partial charge in [-0.05, 0) is 56.5 Å². The van der Waals surface area contributed by atoms with Gasteiger partial charge in [-0.15, -0.1) is 0 Å². The van der Waals surface area contributed by atoms with Gasteiger partial charge in [0, 0.05) is 36.9 Å². The molecule has 0 spiro atoms. The van der Waals surface area contributed by atoms with Crippen LogP contribution >= 0.6 is 23.2 Å². The SMILES string of the molecule is CC(C)N(CC(=O)N1CCn2cccc2C1c1ccc(Cl)c(Cl)c1)C(=O)C1CC1. The smallest absolute Gasteiger partial charge is 0.243 e. The van der Waals surface area contributed by atoms with Gasteiger partial charge in [0.2, 0.25) is 11.8 Å². The van der Waals surface area contributed by atoms with Gasteiger partial charge in [0.15, 0.2) is 0 Å². The molecule has 1 unspecified atom stereocenters. The molecule has 1 fully saturated rings. The van der Waals surface area contributed by atoms with Crippen LogP contribution in [0, 0.1) is 5.92 Å². The molecule has 4 rings (SSSR count). The van der Waals surface area contributed by atoms with Crippen LogP contribution in [0.3, 0.4) is 0 Å². The minimum atomic E-state index is -0.258. The molecule has 7 heteroatoms. The molecule has 29 heavy (non-hydrogen) atoms. The second-order valence-corrected chi connectivity index (χ2v) is 8.94. The summed E-state index contributed by atoms with van der Waals surface area (Å²) in [6.45, 7) is 5.33. The fourth-order valence-electron chi connectivity index (χ4n) is 4.00. The Morgan fingerprint density at radius 1 is 1.14 bits per heavy atom. The third-order valence-electron chi connectivity index (χ3n) is 5.76. The quantitative estimate of drug-likeness (QED) is 0.702. The van der Waals surface area contributed by atoms with Crippen LogP contribution in [0.25, 0.3) is 0 Å². The molecule has 2 heterocycles. The molecular formula is C22H25Cl2N3O2. The zero-order valence-electron chi connectivity index (χ0n) is 16.6. The van der Waals surface area contributed by atoms with Gasteiger partial charge in [-0.1, -0.05) is 29.3 Å². The minimum Gasteiger partial charge on any atom is -0.348 e. The number of benzene rings is 1. The van der Waals surface area contributed by atoms with Gasteiger partial charge in [0.1, 0.15) is 6.54 Å². The van der Waals surface area contributed by atoms with Crippen LogP contribution in [0.15, 0.2) is 36.5 Å². The molecule has 0 radical (unpaired) electrons. The highest BCUT2D eigenvalue weighted by molar-refractivity contribution is 6.42. The van der Waals surface area contributed by atoms with Crippen LogP contribution in [-0.4, -0.2) is 45.3 Å². The molecule has 1 aromatic heterocycles. The lowest BCUT2D eigenvalue weighted by Crippen LogP contribution is -2.49. The van der Waals surface area contributed by atoms with Crippen LogP contribution in [0.2, 0.25) is 10.0 Å². The van der Waals surface area contributed by atoms with Crippen LogP contribution in [0.5, 0.6) is 0 Å². The average molecular weight is 434 g/mol. The van der Waals surface area contributed by atoms with E-state index in [1.165, 1.54) is 0 Å². The minimum absolute atomic E-state index is 0.0101. The summed E-state index contributed by atoms with van der Waals surface area (Å²) in [5.74, 6) is 0.144. The molecule has 0 N–H and O–H groups in total. The number of nitrogens with zero attached hydrogens (tertiary/aromatic N) is 3. The van der Waals surface area contributed by atoms with E-state index >= 15 is 0 Å². The molecule has 0 saturated heterocycles. The van der Waals surface area contributed by atoms with Gasteiger partial charge in [-0.3, -0.25) is 9.59 Å². The van der Waals surface area contributed by atoms with Crippen molar-refractivity contribution in [2.75, 3.05) is 13.1 Å². The lowest BCUT2D eigenvalue weighted by atomic mass is 9.99. The van der Waals surface area contributed by atoms with Crippen molar-refractivity contribution in [3.63, 3.8) is 0 Å². The summed E-state index contributed by atoms with van der Waals surface area (Å²) in [4.78, 5) is 29.7. The Bertz CT molecular complexity index is 936. The normalized spacial score (nSPS) is 18.7. The monoisotopic (exact) mass is 433 g/mol. The Labute approximate surface area is 181 Å². The molecule has 5 nitrogen and oxygen atoms in total. The molecule has 1 aliphatic carbocycles. The number of fused-ring (bicyclic) bond motifs is 1. The number of aromatic nitrogens is 1. The fraction of sp³-hybridized carbons (Fsp3) is 0.455. The van der Waals surface area contributed by atoms with Crippen molar-refractivity contribution in [2.24, 2.45) is 5.92 Å². The standard InChI is InChI=1S/C22H25Cl2N3O2/c1-14(2)27(22(29)15-5-6-15)13-20(28)26-11-10-25-9-3-4-19(25)21(26)16-7-8-17(23)18(24)12-16/h3-4,7-9,12,14-15,21H,5-6,10-11,13H2,1-2H3. The van der Waals surface area contributed by atoms with Crippen molar-refractivity contribution >= 4 is 35.0 Å². The molecule has 1 aliphatic heterocycles. The van der Waals surface area contributed by atoms with Gasteiger partial charge in [-0.25, -0.2) is 0 Å². The molecule has 2 amide bonds.